The molecule has 0 bridgehead atoms. The molecule has 2 heterocycles. The number of fused-ring (bicyclic) bond motifs is 1. The third-order valence-corrected chi connectivity index (χ3v) is 6.79. The fraction of sp³-hybridized carbons (Fsp3) is 0.444. The molecule has 10 heteroatoms. The van der Waals surface area contributed by atoms with Crippen molar-refractivity contribution in [2.45, 2.75) is 70.3 Å². The highest BCUT2D eigenvalue weighted by atomic mass is 19.3. The summed E-state index contributed by atoms with van der Waals surface area (Å²) < 4.78 is 31.7. The van der Waals surface area contributed by atoms with Crippen molar-refractivity contribution >= 4 is 17.6 Å². The van der Waals surface area contributed by atoms with Crippen LogP contribution in [0, 0.1) is 5.92 Å². The number of carbonyl (C=O) groups excluding carboxylic acids is 2. The summed E-state index contributed by atoms with van der Waals surface area (Å²) in [7, 11) is 0. The molecule has 1 aromatic carbocycles. The van der Waals surface area contributed by atoms with Gasteiger partial charge in [-0.15, -0.1) is 0 Å². The number of aromatic nitrogens is 3. The standard InChI is InChI=1S/C27H29F2N5O3/c1-26(2,3)25-33-24(37-34-25)23(36)31-20-7-5-4-6-17-12-15(8-9-18(17)20)16-10-11-30-21(13-16)32-22(35)19-14-27(19,28)29/h8-13,19-20H,4-7,14H2,1-3H3,(H,31,36)(H,30,32,35)/t19?,20-/m1/s1. The normalized spacial score (nSPS) is 20.5. The Morgan fingerprint density at radius 3 is 2.57 bits per heavy atom. The second-order valence-electron chi connectivity index (χ2n) is 10.8. The molecule has 0 radical (unpaired) electrons. The van der Waals surface area contributed by atoms with Crippen LogP contribution < -0.4 is 10.6 Å². The highest BCUT2D eigenvalue weighted by Gasteiger charge is 2.61. The zero-order valence-electron chi connectivity index (χ0n) is 21.0. The van der Waals surface area contributed by atoms with Crippen molar-refractivity contribution in [2.24, 2.45) is 5.92 Å². The van der Waals surface area contributed by atoms with E-state index in [4.69, 9.17) is 4.52 Å². The Labute approximate surface area is 213 Å². The van der Waals surface area contributed by atoms with Crippen molar-refractivity contribution < 1.29 is 22.9 Å². The van der Waals surface area contributed by atoms with Gasteiger partial charge in [0.25, 0.3) is 5.92 Å². The molecule has 2 atom stereocenters. The van der Waals surface area contributed by atoms with Gasteiger partial charge >= 0.3 is 11.8 Å². The van der Waals surface area contributed by atoms with Gasteiger partial charge in [-0.1, -0.05) is 50.5 Å². The fourth-order valence-corrected chi connectivity index (χ4v) is 4.54. The van der Waals surface area contributed by atoms with Crippen molar-refractivity contribution in [3.63, 3.8) is 0 Å². The van der Waals surface area contributed by atoms with Crippen molar-refractivity contribution in [2.75, 3.05) is 5.32 Å². The first-order valence-corrected chi connectivity index (χ1v) is 12.4. The lowest BCUT2D eigenvalue weighted by Gasteiger charge is -2.19. The van der Waals surface area contributed by atoms with E-state index in [-0.39, 0.29) is 23.2 Å². The molecule has 2 N–H and O–H groups in total. The third-order valence-electron chi connectivity index (χ3n) is 6.79. The molecule has 2 aromatic heterocycles. The maximum atomic E-state index is 13.2. The van der Waals surface area contributed by atoms with E-state index in [0.29, 0.717) is 5.82 Å². The average Bonchev–Trinajstić information content (AvgIpc) is 3.28. The number of pyridine rings is 1. The molecule has 37 heavy (non-hydrogen) atoms. The van der Waals surface area contributed by atoms with E-state index in [1.165, 1.54) is 0 Å². The monoisotopic (exact) mass is 509 g/mol. The number of benzene rings is 1. The topological polar surface area (TPSA) is 110 Å². The summed E-state index contributed by atoms with van der Waals surface area (Å²) in [6, 6.07) is 9.30. The summed E-state index contributed by atoms with van der Waals surface area (Å²) in [5.74, 6) is -4.68. The third kappa shape index (κ3) is 5.38. The molecular weight excluding hydrogens is 480 g/mol. The number of hydrogen-bond acceptors (Lipinski definition) is 6. The summed E-state index contributed by atoms with van der Waals surface area (Å²) in [6.07, 6.45) is 4.69. The predicted molar refractivity (Wildman–Crippen MR) is 132 cm³/mol. The van der Waals surface area contributed by atoms with Gasteiger partial charge in [-0.3, -0.25) is 9.59 Å². The van der Waals surface area contributed by atoms with E-state index < -0.39 is 30.1 Å². The van der Waals surface area contributed by atoms with Gasteiger partial charge in [0.05, 0.1) is 6.04 Å². The summed E-state index contributed by atoms with van der Waals surface area (Å²) in [4.78, 5) is 33.3. The van der Waals surface area contributed by atoms with E-state index in [0.717, 1.165) is 47.9 Å². The number of carbonyl (C=O) groups is 2. The molecular formula is C27H29F2N5O3. The number of aryl methyl sites for hydroxylation is 1. The SMILES string of the molecule is CC(C)(C)c1noc(C(=O)N[C@@H]2CCCCc3cc(-c4ccnc(NC(=O)C5CC5(F)F)c4)ccc32)n1. The molecule has 194 valence electrons. The van der Waals surface area contributed by atoms with E-state index in [9.17, 15) is 18.4 Å². The molecule has 2 amide bonds. The van der Waals surface area contributed by atoms with Crippen LogP contribution in [-0.4, -0.2) is 32.9 Å². The van der Waals surface area contributed by atoms with Crippen LogP contribution >= 0.6 is 0 Å². The number of nitrogens with zero attached hydrogens (tertiary/aromatic N) is 3. The molecule has 1 fully saturated rings. The molecule has 1 saturated carbocycles. The van der Waals surface area contributed by atoms with Gasteiger partial charge in [0, 0.05) is 18.0 Å². The Morgan fingerprint density at radius 2 is 1.86 bits per heavy atom. The lowest BCUT2D eigenvalue weighted by atomic mass is 9.94. The molecule has 0 spiro atoms. The Kier molecular flexibility index (Phi) is 6.29. The zero-order chi connectivity index (χ0) is 26.4. The Hall–Kier alpha value is -3.69. The Morgan fingerprint density at radius 1 is 1.11 bits per heavy atom. The number of hydrogen-bond donors (Lipinski definition) is 2. The van der Waals surface area contributed by atoms with Gasteiger partial charge < -0.3 is 15.2 Å². The van der Waals surface area contributed by atoms with Gasteiger partial charge in [-0.05, 0) is 53.6 Å². The van der Waals surface area contributed by atoms with E-state index in [2.05, 4.69) is 31.8 Å². The molecule has 5 rings (SSSR count). The number of halogens is 2. The van der Waals surface area contributed by atoms with Crippen LogP contribution in [0.1, 0.15) is 80.1 Å². The number of amides is 2. The molecule has 0 aliphatic heterocycles. The highest BCUT2D eigenvalue weighted by molar-refractivity contribution is 5.95. The average molecular weight is 510 g/mol. The largest absolute Gasteiger partial charge is 0.341 e. The van der Waals surface area contributed by atoms with E-state index in [1.54, 1.807) is 18.3 Å². The highest BCUT2D eigenvalue weighted by Crippen LogP contribution is 2.49. The Balaban J connectivity index is 1.34. The summed E-state index contributed by atoms with van der Waals surface area (Å²) in [5.41, 5.74) is 3.53. The summed E-state index contributed by atoms with van der Waals surface area (Å²) in [5, 5.41) is 9.49. The number of alkyl halides is 2. The molecule has 2 aliphatic carbocycles. The van der Waals surface area contributed by atoms with Crippen LogP contribution in [0.4, 0.5) is 14.6 Å². The van der Waals surface area contributed by atoms with Gasteiger partial charge in [0.2, 0.25) is 5.91 Å². The van der Waals surface area contributed by atoms with Gasteiger partial charge in [-0.2, -0.15) is 4.98 Å². The van der Waals surface area contributed by atoms with Crippen molar-refractivity contribution in [3.05, 3.63) is 59.4 Å². The summed E-state index contributed by atoms with van der Waals surface area (Å²) in [6.45, 7) is 5.85. The van der Waals surface area contributed by atoms with Gasteiger partial charge in [-0.25, -0.2) is 13.8 Å². The molecule has 3 aromatic rings. The maximum Gasteiger partial charge on any atom is 0.315 e. The van der Waals surface area contributed by atoms with Crippen LogP contribution in [0.3, 0.4) is 0 Å². The van der Waals surface area contributed by atoms with Crippen molar-refractivity contribution in [1.29, 1.82) is 0 Å². The predicted octanol–water partition coefficient (Wildman–Crippen LogP) is 5.22. The number of anilines is 1. The molecule has 0 saturated heterocycles. The summed E-state index contributed by atoms with van der Waals surface area (Å²) >= 11 is 0. The van der Waals surface area contributed by atoms with Gasteiger partial charge in [0.15, 0.2) is 5.82 Å². The van der Waals surface area contributed by atoms with Crippen LogP contribution in [0.25, 0.3) is 11.1 Å². The van der Waals surface area contributed by atoms with Crippen molar-refractivity contribution in [3.8, 4) is 11.1 Å². The van der Waals surface area contributed by atoms with Crippen molar-refractivity contribution in [1.82, 2.24) is 20.4 Å². The number of nitrogens with one attached hydrogen (secondary N) is 2. The van der Waals surface area contributed by atoms with Crippen LogP contribution in [0.15, 0.2) is 41.1 Å². The van der Waals surface area contributed by atoms with Gasteiger partial charge in [0.1, 0.15) is 11.7 Å². The number of rotatable bonds is 5. The first-order chi connectivity index (χ1) is 17.5. The quantitative estimate of drug-likeness (QED) is 0.457. The lowest BCUT2D eigenvalue weighted by Crippen LogP contribution is -2.29. The van der Waals surface area contributed by atoms with E-state index in [1.807, 2.05) is 32.9 Å². The fourth-order valence-electron chi connectivity index (χ4n) is 4.54. The Bertz CT molecular complexity index is 1350. The molecule has 2 aliphatic rings. The molecule has 1 unspecified atom stereocenters. The zero-order valence-corrected chi connectivity index (χ0v) is 21.0. The first kappa shape index (κ1) is 25.0. The first-order valence-electron chi connectivity index (χ1n) is 12.4. The van der Waals surface area contributed by atoms with E-state index >= 15 is 0 Å². The second-order valence-corrected chi connectivity index (χ2v) is 10.8. The minimum absolute atomic E-state index is 0.0531. The molecule has 8 nitrogen and oxygen atoms in total. The van der Waals surface area contributed by atoms with Crippen LogP contribution in [0.5, 0.6) is 0 Å². The van der Waals surface area contributed by atoms with Crippen LogP contribution in [-0.2, 0) is 16.6 Å². The maximum absolute atomic E-state index is 13.2. The lowest BCUT2D eigenvalue weighted by molar-refractivity contribution is -0.119. The second kappa shape index (κ2) is 9.32. The smallest absolute Gasteiger partial charge is 0.315 e. The minimum atomic E-state index is -2.93. The van der Waals surface area contributed by atoms with Crippen LogP contribution in [0.2, 0.25) is 0 Å². The minimum Gasteiger partial charge on any atom is -0.341 e.